The van der Waals surface area contributed by atoms with Crippen molar-refractivity contribution in [3.8, 4) is 0 Å². The van der Waals surface area contributed by atoms with Gasteiger partial charge in [0.05, 0.1) is 26.1 Å². The van der Waals surface area contributed by atoms with Crippen LogP contribution in [0.3, 0.4) is 0 Å². The first-order valence-electron chi connectivity index (χ1n) is 32.5. The fourth-order valence-corrected chi connectivity index (χ4v) is 12.0. The Morgan fingerprint density at radius 3 is 1.57 bits per heavy atom. The lowest BCUT2D eigenvalue weighted by molar-refractivity contribution is -0.152. The number of nitrogens with zero attached hydrogens (tertiary/aromatic N) is 9. The second-order valence-corrected chi connectivity index (χ2v) is 26.5. The molecule has 0 bridgehead atoms. The maximum absolute atomic E-state index is 15.6. The van der Waals surface area contributed by atoms with Gasteiger partial charge in [-0.15, -0.1) is 0 Å². The van der Waals surface area contributed by atoms with Crippen molar-refractivity contribution in [3.63, 3.8) is 0 Å². The van der Waals surface area contributed by atoms with Gasteiger partial charge in [-0.05, 0) is 77.4 Å². The average molecular weight is 1390 g/mol. The molecule has 9 atom stereocenters. The lowest BCUT2D eigenvalue weighted by Crippen LogP contribution is -2.61. The Labute approximate surface area is 583 Å². The van der Waals surface area contributed by atoms with Gasteiger partial charge in [0.25, 0.3) is 5.91 Å². The number of hydrogen-bond donors (Lipinski definition) is 3. The molecule has 1 saturated heterocycles. The number of carbonyl (C=O) groups is 12. The van der Waals surface area contributed by atoms with E-state index in [1.165, 1.54) is 90.1 Å². The predicted octanol–water partition coefficient (Wildman–Crippen LogP) is 4.50. The molecule has 3 N–H and O–H groups in total. The summed E-state index contributed by atoms with van der Waals surface area (Å²) in [6.45, 7) is 6.59. The van der Waals surface area contributed by atoms with Gasteiger partial charge in [-0.3, -0.25) is 62.1 Å². The van der Waals surface area contributed by atoms with Crippen molar-refractivity contribution in [1.29, 1.82) is 0 Å². The molecule has 2 heterocycles. The molecule has 1 aliphatic rings. The largest absolute Gasteiger partial charge is 0.342 e. The van der Waals surface area contributed by atoms with Gasteiger partial charge in [-0.25, -0.2) is 0 Å². The second-order valence-electron chi connectivity index (χ2n) is 25.6. The summed E-state index contributed by atoms with van der Waals surface area (Å²) in [5, 5.41) is 9.17. The Hall–Kier alpha value is -9.42. The van der Waals surface area contributed by atoms with Gasteiger partial charge in [0, 0.05) is 105 Å². The summed E-state index contributed by atoms with van der Waals surface area (Å²) in [5.74, 6) is -9.93. The van der Waals surface area contributed by atoms with Crippen molar-refractivity contribution in [2.24, 2.45) is 11.8 Å². The highest BCUT2D eigenvalue weighted by Gasteiger charge is 2.43. The molecule has 26 heteroatoms. The van der Waals surface area contributed by atoms with Crippen molar-refractivity contribution in [2.45, 2.75) is 121 Å². The fourth-order valence-electron chi connectivity index (χ4n) is 11.6. The van der Waals surface area contributed by atoms with E-state index in [-0.39, 0.29) is 25.7 Å². The van der Waals surface area contributed by atoms with Crippen LogP contribution in [-0.4, -0.2) is 239 Å². The molecule has 0 spiro atoms. The molecular formula is C72H92Cl2N12O12. The number of rotatable bonds is 12. The first-order valence-corrected chi connectivity index (χ1v) is 33.3. The van der Waals surface area contributed by atoms with E-state index in [4.69, 9.17) is 23.2 Å². The van der Waals surface area contributed by atoms with Crippen LogP contribution in [0.2, 0.25) is 10.0 Å². The van der Waals surface area contributed by atoms with E-state index in [2.05, 4.69) is 16.0 Å². The minimum absolute atomic E-state index is 0.0775. The highest BCUT2D eigenvalue weighted by molar-refractivity contribution is 6.31. The number of amides is 11. The zero-order valence-corrected chi connectivity index (χ0v) is 59.5. The first-order chi connectivity index (χ1) is 46.3. The molecular weight excluding hydrogens is 1300 g/mol. The van der Waals surface area contributed by atoms with Crippen LogP contribution >= 0.6 is 23.2 Å². The van der Waals surface area contributed by atoms with Crippen molar-refractivity contribution >= 4 is 94.1 Å². The Bertz CT molecular complexity index is 3640. The molecule has 5 aromatic rings. The number of likely N-dealkylation sites (N-methyl/N-ethyl adjacent to an activating group) is 8. The predicted molar refractivity (Wildman–Crippen MR) is 372 cm³/mol. The minimum Gasteiger partial charge on any atom is -0.342 e. The summed E-state index contributed by atoms with van der Waals surface area (Å²) in [6.07, 6.45) is 2.20. The number of halogens is 2. The lowest BCUT2D eigenvalue weighted by Gasteiger charge is -2.39. The van der Waals surface area contributed by atoms with E-state index in [1.807, 2.05) is 0 Å². The van der Waals surface area contributed by atoms with Crippen LogP contribution in [0.5, 0.6) is 0 Å². The highest BCUT2D eigenvalue weighted by atomic mass is 35.5. The number of nitrogens with one attached hydrogen (secondary N) is 3. The van der Waals surface area contributed by atoms with Crippen LogP contribution in [0.4, 0.5) is 0 Å². The standard InChI is InChI=1S/C72H92Cl2N12O12/c1-14-46(4)63-71(97)80(8)43-61(89)78(6)44-62(90)82(10)56(40-50-30-32-52(73)33-31-50)68(94)79(7)42-59(87)75-54(38-51-28-23-29-53(74)36-51)66(92)76-55(37-48-24-17-15-18-25-48)67(93)83(11)57(39-49-26-19-16-20-27-49)69(95)85(13)64(45(2)3)72(98)84(12)58(70(96)86-34-21-22-35-86)41-60(88)81(9)47(5)65(91)77-63/h15-36,45-47,54-58,63-64H,14,37-44H2,1-13H3,(H,75,87)(H,76,92)(H,77,91)/t46-,47-,54-,55-,56-,57-,58-,63-,64-/m0/s1. The van der Waals surface area contributed by atoms with E-state index in [9.17, 15) is 38.4 Å². The third-order valence-corrected chi connectivity index (χ3v) is 18.6. The van der Waals surface area contributed by atoms with E-state index >= 15 is 19.2 Å². The summed E-state index contributed by atoms with van der Waals surface area (Å²) in [5.41, 5.74) is 2.34. The van der Waals surface area contributed by atoms with E-state index in [1.54, 1.807) is 149 Å². The summed E-state index contributed by atoms with van der Waals surface area (Å²) in [4.78, 5) is 186. The zero-order chi connectivity index (χ0) is 72.4. The van der Waals surface area contributed by atoms with Crippen molar-refractivity contribution in [3.05, 3.63) is 166 Å². The van der Waals surface area contributed by atoms with Crippen LogP contribution in [0.1, 0.15) is 74.5 Å². The normalized spacial score (nSPS) is 22.7. The van der Waals surface area contributed by atoms with Crippen LogP contribution < -0.4 is 16.0 Å². The molecule has 6 rings (SSSR count). The van der Waals surface area contributed by atoms with Crippen molar-refractivity contribution < 1.29 is 57.5 Å². The molecule has 24 nitrogen and oxygen atoms in total. The summed E-state index contributed by atoms with van der Waals surface area (Å²) in [6, 6.07) is 23.1. The van der Waals surface area contributed by atoms with Gasteiger partial charge in [-0.1, -0.05) is 142 Å². The van der Waals surface area contributed by atoms with E-state index in [0.717, 1.165) is 29.4 Å². The minimum atomic E-state index is -1.53. The SMILES string of the molecule is CC[C@H](C)[C@@H]1NC(=O)[C@H](C)N(C)C(=O)C[C@@H](C(=O)n2cccc2)N(C)C(=O)[C@H](C(C)C)N(C)C(=O)[C@H](Cc2ccccc2)N(C)C(=O)[C@H](Cc2ccccc2)NC(=O)[C@H](Cc2cccc(Cl)c2)NC(=O)CN(C)C(=O)[C@H](Cc2ccc(Cl)cc2)N(C)C(=O)CN(C)C(=O)CN(C)C1=O. The van der Waals surface area contributed by atoms with E-state index < -0.39 is 157 Å². The van der Waals surface area contributed by atoms with Gasteiger partial charge in [0.1, 0.15) is 48.3 Å². The number of benzene rings is 4. The van der Waals surface area contributed by atoms with Crippen LogP contribution in [0.25, 0.3) is 0 Å². The van der Waals surface area contributed by atoms with E-state index in [0.29, 0.717) is 38.7 Å². The monoisotopic (exact) mass is 1390 g/mol. The smallest absolute Gasteiger partial charge is 0.253 e. The van der Waals surface area contributed by atoms with Crippen molar-refractivity contribution in [1.82, 2.24) is 59.7 Å². The Kier molecular flexibility index (Phi) is 28.3. The molecule has 11 amide bonds. The molecule has 0 unspecified atom stereocenters. The summed E-state index contributed by atoms with van der Waals surface area (Å²) in [7, 11) is 10.9. The first kappa shape index (κ1) is 77.6. The molecule has 0 saturated carbocycles. The van der Waals surface area contributed by atoms with Gasteiger partial charge < -0.3 is 55.1 Å². The number of hydrogen-bond acceptors (Lipinski definition) is 12. The number of carbonyl (C=O) groups excluding carboxylic acids is 12. The molecule has 0 radical (unpaired) electrons. The molecule has 1 aliphatic heterocycles. The van der Waals surface area contributed by atoms with Gasteiger partial charge in [0.15, 0.2) is 0 Å². The summed E-state index contributed by atoms with van der Waals surface area (Å²) < 4.78 is 1.21. The third kappa shape index (κ3) is 20.6. The van der Waals surface area contributed by atoms with Crippen LogP contribution in [0, 0.1) is 11.8 Å². The molecule has 1 aromatic heterocycles. The Morgan fingerprint density at radius 2 is 1.00 bits per heavy atom. The Morgan fingerprint density at radius 1 is 0.469 bits per heavy atom. The molecule has 98 heavy (non-hydrogen) atoms. The molecule has 526 valence electrons. The molecule has 1 fully saturated rings. The quantitative estimate of drug-likeness (QED) is 0.156. The fraction of sp³-hybridized carbons (Fsp3) is 0.444. The van der Waals surface area contributed by atoms with Gasteiger partial charge >= 0.3 is 0 Å². The van der Waals surface area contributed by atoms with Crippen molar-refractivity contribution in [2.75, 3.05) is 76.0 Å². The van der Waals surface area contributed by atoms with Gasteiger partial charge in [0.2, 0.25) is 65.0 Å². The Balaban J connectivity index is 1.47. The molecule has 4 aromatic carbocycles. The maximum Gasteiger partial charge on any atom is 0.253 e. The summed E-state index contributed by atoms with van der Waals surface area (Å²) >= 11 is 12.7. The number of aromatic nitrogens is 1. The lowest BCUT2D eigenvalue weighted by atomic mass is 9.96. The van der Waals surface area contributed by atoms with Crippen LogP contribution in [-0.2, 0) is 78.4 Å². The highest BCUT2D eigenvalue weighted by Crippen LogP contribution is 2.24. The zero-order valence-electron chi connectivity index (χ0n) is 58.0. The second kappa shape index (κ2) is 35.7. The van der Waals surface area contributed by atoms with Crippen LogP contribution in [0.15, 0.2) is 134 Å². The van der Waals surface area contributed by atoms with Gasteiger partial charge in [-0.2, -0.15) is 0 Å². The third-order valence-electron chi connectivity index (χ3n) is 18.1. The topological polar surface area (TPSA) is 272 Å². The average Bonchev–Trinajstić information content (AvgIpc) is 1.01. The maximum atomic E-state index is 15.6. The molecule has 0 aliphatic carbocycles.